The summed E-state index contributed by atoms with van der Waals surface area (Å²) in [5.41, 5.74) is 0.302. The Hall–Kier alpha value is -3.64. The number of amides is 1. The molecule has 0 atom stereocenters. The van der Waals surface area contributed by atoms with Gasteiger partial charge in [-0.1, -0.05) is 6.07 Å². The van der Waals surface area contributed by atoms with Crippen molar-refractivity contribution in [2.75, 3.05) is 19.0 Å². The van der Waals surface area contributed by atoms with E-state index in [-0.39, 0.29) is 23.6 Å². The minimum atomic E-state index is -0.716. The van der Waals surface area contributed by atoms with Gasteiger partial charge in [-0.25, -0.2) is 0 Å². The average molecular weight is 504 g/mol. The third-order valence-electron chi connectivity index (χ3n) is 3.52. The number of rotatable bonds is 7. The van der Waals surface area contributed by atoms with E-state index in [1.165, 1.54) is 37.5 Å². The first-order chi connectivity index (χ1) is 13.9. The number of non-ortho nitro benzene ring substituents is 1. The minimum absolute atomic E-state index is 0.156. The van der Waals surface area contributed by atoms with Crippen molar-refractivity contribution in [2.24, 2.45) is 0 Å². The van der Waals surface area contributed by atoms with Crippen LogP contribution in [-0.4, -0.2) is 24.5 Å². The monoisotopic (exact) mass is 504 g/mol. The third kappa shape index (κ3) is 5.67. The normalized spacial score (nSPS) is 10.4. The van der Waals surface area contributed by atoms with Gasteiger partial charge in [0.1, 0.15) is 17.7 Å². The summed E-state index contributed by atoms with van der Waals surface area (Å²) in [7, 11) is 1.43. The lowest BCUT2D eigenvalue weighted by Crippen LogP contribution is -2.13. The Bertz CT molecular complexity index is 1070. The molecule has 9 nitrogen and oxygen atoms in total. The van der Waals surface area contributed by atoms with E-state index in [9.17, 15) is 20.2 Å². The van der Waals surface area contributed by atoms with Gasteiger partial charge in [0.25, 0.3) is 11.6 Å². The molecule has 0 fully saturated rings. The van der Waals surface area contributed by atoms with Crippen LogP contribution in [0.15, 0.2) is 42.0 Å². The van der Waals surface area contributed by atoms with E-state index in [4.69, 9.17) is 14.7 Å². The molecule has 0 aliphatic rings. The summed E-state index contributed by atoms with van der Waals surface area (Å²) in [4.78, 5) is 22.7. The molecule has 1 amide bonds. The van der Waals surface area contributed by atoms with Crippen LogP contribution >= 0.6 is 22.6 Å². The van der Waals surface area contributed by atoms with Crippen LogP contribution in [0, 0.1) is 36.3 Å². The van der Waals surface area contributed by atoms with E-state index in [2.05, 4.69) is 5.32 Å². The molecule has 146 valence electrons. The first-order valence-electron chi connectivity index (χ1n) is 7.94. The van der Waals surface area contributed by atoms with Crippen LogP contribution in [0.1, 0.15) is 5.56 Å². The minimum Gasteiger partial charge on any atom is -0.493 e. The van der Waals surface area contributed by atoms with Crippen LogP contribution in [0.3, 0.4) is 0 Å². The number of halogens is 1. The number of nitrogens with one attached hydrogen (secondary N) is 1. The van der Waals surface area contributed by atoms with Crippen LogP contribution in [-0.2, 0) is 4.79 Å². The molecule has 1 N–H and O–H groups in total. The number of anilines is 1. The van der Waals surface area contributed by atoms with Crippen molar-refractivity contribution < 1.29 is 19.2 Å². The van der Waals surface area contributed by atoms with Gasteiger partial charge in [-0.15, -0.1) is 0 Å². The van der Waals surface area contributed by atoms with E-state index >= 15 is 0 Å². The summed E-state index contributed by atoms with van der Waals surface area (Å²) in [5, 5.41) is 31.3. The summed E-state index contributed by atoms with van der Waals surface area (Å²) in [6, 6.07) is 12.3. The number of carbonyl (C=O) groups excluding carboxylic acids is 1. The SMILES string of the molecule is COc1cc(/C=C(\C#N)C(=O)Nc2cccc([N+](=O)[O-])c2)cc(I)c1OCC#N. The Morgan fingerprint density at radius 1 is 1.34 bits per heavy atom. The van der Waals surface area contributed by atoms with Crippen molar-refractivity contribution in [1.29, 1.82) is 10.5 Å². The molecule has 0 aliphatic carbocycles. The van der Waals surface area contributed by atoms with Crippen molar-refractivity contribution in [2.45, 2.75) is 0 Å². The van der Waals surface area contributed by atoms with Crippen LogP contribution in [0.5, 0.6) is 11.5 Å². The number of nitro groups is 1. The summed E-state index contributed by atoms with van der Waals surface area (Å²) >= 11 is 1.99. The zero-order chi connectivity index (χ0) is 21.4. The number of hydrogen-bond acceptors (Lipinski definition) is 7. The predicted octanol–water partition coefficient (Wildman–Crippen LogP) is 3.66. The molecule has 0 aromatic heterocycles. The van der Waals surface area contributed by atoms with Crippen LogP contribution in [0.25, 0.3) is 6.08 Å². The Labute approximate surface area is 179 Å². The third-order valence-corrected chi connectivity index (χ3v) is 4.33. The second-order valence-corrected chi connectivity index (χ2v) is 6.57. The lowest BCUT2D eigenvalue weighted by molar-refractivity contribution is -0.384. The zero-order valence-electron chi connectivity index (χ0n) is 15.0. The van der Waals surface area contributed by atoms with Gasteiger partial charge in [0.05, 0.1) is 15.6 Å². The standard InChI is InChI=1S/C19H13IN4O5/c1-28-17-9-12(8-16(20)18(17)29-6-5-21)7-13(11-22)19(25)23-14-3-2-4-15(10-14)24(26)27/h2-4,7-10H,6H2,1H3,(H,23,25)/b13-7+. The van der Waals surface area contributed by atoms with Crippen LogP contribution in [0.2, 0.25) is 0 Å². The second kappa shape index (κ2) is 10.1. The maximum atomic E-state index is 12.4. The van der Waals surface area contributed by atoms with Gasteiger partial charge in [0, 0.05) is 17.8 Å². The molecule has 0 saturated heterocycles. The van der Waals surface area contributed by atoms with Gasteiger partial charge in [-0.05, 0) is 52.4 Å². The van der Waals surface area contributed by atoms with E-state index < -0.39 is 10.8 Å². The molecule has 2 rings (SSSR count). The van der Waals surface area contributed by atoms with E-state index in [1.807, 2.05) is 34.7 Å². The van der Waals surface area contributed by atoms with Crippen molar-refractivity contribution >= 4 is 45.9 Å². The summed E-state index contributed by atoms with van der Waals surface area (Å²) in [5.74, 6) is 0.00733. The molecule has 29 heavy (non-hydrogen) atoms. The first kappa shape index (κ1) is 21.7. The lowest BCUT2D eigenvalue weighted by Gasteiger charge is -2.12. The molecule has 2 aromatic rings. The number of hydrogen-bond donors (Lipinski definition) is 1. The van der Waals surface area contributed by atoms with Crippen molar-refractivity contribution in [1.82, 2.24) is 0 Å². The largest absolute Gasteiger partial charge is 0.493 e. The highest BCUT2D eigenvalue weighted by molar-refractivity contribution is 14.1. The highest BCUT2D eigenvalue weighted by Gasteiger charge is 2.15. The maximum absolute atomic E-state index is 12.4. The number of ether oxygens (including phenoxy) is 2. The molecular weight excluding hydrogens is 491 g/mol. The molecule has 0 radical (unpaired) electrons. The van der Waals surface area contributed by atoms with Gasteiger partial charge >= 0.3 is 0 Å². The highest BCUT2D eigenvalue weighted by Crippen LogP contribution is 2.34. The molecule has 0 bridgehead atoms. The van der Waals surface area contributed by atoms with Crippen molar-refractivity contribution in [3.63, 3.8) is 0 Å². The van der Waals surface area contributed by atoms with Crippen LogP contribution in [0.4, 0.5) is 11.4 Å². The molecule has 0 saturated carbocycles. The van der Waals surface area contributed by atoms with Gasteiger partial charge in [0.2, 0.25) is 0 Å². The molecule has 0 spiro atoms. The Kier molecular flexibility index (Phi) is 7.51. The summed E-state index contributed by atoms with van der Waals surface area (Å²) < 4.78 is 11.2. The van der Waals surface area contributed by atoms with E-state index in [1.54, 1.807) is 12.1 Å². The van der Waals surface area contributed by atoms with Gasteiger partial charge in [-0.2, -0.15) is 10.5 Å². The summed E-state index contributed by atoms with van der Waals surface area (Å²) in [6.45, 7) is -0.156. The fourth-order valence-electron chi connectivity index (χ4n) is 2.28. The zero-order valence-corrected chi connectivity index (χ0v) is 17.2. The summed E-state index contributed by atoms with van der Waals surface area (Å²) in [6.07, 6.45) is 1.35. The fourth-order valence-corrected chi connectivity index (χ4v) is 3.06. The first-order valence-corrected chi connectivity index (χ1v) is 9.02. The second-order valence-electron chi connectivity index (χ2n) is 5.41. The Morgan fingerprint density at radius 2 is 2.10 bits per heavy atom. The van der Waals surface area contributed by atoms with E-state index in [0.717, 1.165) is 0 Å². The number of nitriles is 2. The van der Waals surface area contributed by atoms with Crippen molar-refractivity contribution in [3.8, 4) is 23.6 Å². The molecule has 0 aliphatic heterocycles. The van der Waals surface area contributed by atoms with E-state index in [0.29, 0.717) is 20.6 Å². The quantitative estimate of drug-likeness (QED) is 0.200. The smallest absolute Gasteiger partial charge is 0.271 e. The lowest BCUT2D eigenvalue weighted by atomic mass is 10.1. The molecule has 0 unspecified atom stereocenters. The van der Waals surface area contributed by atoms with Crippen LogP contribution < -0.4 is 14.8 Å². The number of carbonyl (C=O) groups is 1. The predicted molar refractivity (Wildman–Crippen MR) is 112 cm³/mol. The Morgan fingerprint density at radius 3 is 2.72 bits per heavy atom. The Balaban J connectivity index is 2.31. The number of benzene rings is 2. The fraction of sp³-hybridized carbons (Fsp3) is 0.105. The average Bonchev–Trinajstić information content (AvgIpc) is 2.70. The number of nitro benzene ring substituents is 1. The number of methoxy groups -OCH3 is 1. The van der Waals surface area contributed by atoms with Gasteiger partial charge in [0.15, 0.2) is 18.1 Å². The molecule has 0 heterocycles. The maximum Gasteiger partial charge on any atom is 0.271 e. The molecule has 10 heteroatoms. The number of nitrogens with zero attached hydrogens (tertiary/aromatic N) is 3. The molecular formula is C19H13IN4O5. The highest BCUT2D eigenvalue weighted by atomic mass is 127. The van der Waals surface area contributed by atoms with Gasteiger partial charge < -0.3 is 14.8 Å². The molecule has 2 aromatic carbocycles. The van der Waals surface area contributed by atoms with Gasteiger partial charge in [-0.3, -0.25) is 14.9 Å². The van der Waals surface area contributed by atoms with Crippen molar-refractivity contribution in [3.05, 3.63) is 61.2 Å². The topological polar surface area (TPSA) is 138 Å².